The lowest BCUT2D eigenvalue weighted by Crippen LogP contribution is -2.30. The third-order valence-electron chi connectivity index (χ3n) is 4.57. The van der Waals surface area contributed by atoms with Crippen LogP contribution in [-0.2, 0) is 13.2 Å². The molecule has 5 heteroatoms. The number of benzene rings is 2. The summed E-state index contributed by atoms with van der Waals surface area (Å²) in [6, 6.07) is 14.9. The summed E-state index contributed by atoms with van der Waals surface area (Å²) < 4.78 is 8.00. The molecule has 144 valence electrons. The van der Waals surface area contributed by atoms with Crippen LogP contribution in [0.3, 0.4) is 0 Å². The Balaban J connectivity index is 1.92. The number of carboxylic acid groups (broad SMARTS) is 1. The van der Waals surface area contributed by atoms with E-state index in [1.165, 1.54) is 17.2 Å². The summed E-state index contributed by atoms with van der Waals surface area (Å²) in [7, 11) is 0. The molecule has 3 aromatic rings. The average Bonchev–Trinajstić information content (AvgIpc) is 3.04. The van der Waals surface area contributed by atoms with Gasteiger partial charge in [0.15, 0.2) is 0 Å². The second-order valence-corrected chi connectivity index (χ2v) is 6.57. The first-order chi connectivity index (χ1) is 13.5. The highest BCUT2D eigenvalue weighted by Crippen LogP contribution is 2.15. The number of nitrogens with zero attached hydrogens (tertiary/aromatic N) is 2. The molecule has 0 amide bonds. The van der Waals surface area contributed by atoms with Gasteiger partial charge in [0.1, 0.15) is 18.2 Å². The molecular weight excluding hydrogens is 352 g/mol. The highest BCUT2D eigenvalue weighted by Gasteiger charge is 2.10. The van der Waals surface area contributed by atoms with E-state index in [0.29, 0.717) is 12.3 Å². The molecule has 0 saturated carbocycles. The number of rotatable bonds is 6. The first kappa shape index (κ1) is 19.4. The Labute approximate surface area is 164 Å². The van der Waals surface area contributed by atoms with Crippen LogP contribution in [0.15, 0.2) is 48.5 Å². The fourth-order valence-electron chi connectivity index (χ4n) is 3.08. The van der Waals surface area contributed by atoms with Crippen LogP contribution < -0.4 is 15.4 Å². The molecule has 3 rings (SSSR count). The van der Waals surface area contributed by atoms with Gasteiger partial charge in [0.05, 0.1) is 16.3 Å². The summed E-state index contributed by atoms with van der Waals surface area (Å²) in [6.45, 7) is 6.97. The molecule has 0 aliphatic rings. The second-order valence-electron chi connectivity index (χ2n) is 6.57. The Bertz CT molecular complexity index is 1100. The third kappa shape index (κ3) is 4.31. The van der Waals surface area contributed by atoms with E-state index in [4.69, 9.17) is 14.8 Å². The maximum atomic E-state index is 11.2. The zero-order chi connectivity index (χ0) is 20.1. The zero-order valence-electron chi connectivity index (χ0n) is 16.3. The maximum Gasteiger partial charge on any atom is 0.335 e. The smallest absolute Gasteiger partial charge is 0.335 e. The van der Waals surface area contributed by atoms with Crippen molar-refractivity contribution in [2.24, 2.45) is 0 Å². The van der Waals surface area contributed by atoms with Gasteiger partial charge in [-0.05, 0) is 44.5 Å². The van der Waals surface area contributed by atoms with E-state index < -0.39 is 5.97 Å². The predicted octanol–water partition coefficient (Wildman–Crippen LogP) is 3.12. The average molecular weight is 376 g/mol. The Morgan fingerprint density at radius 3 is 2.54 bits per heavy atom. The van der Waals surface area contributed by atoms with Crippen molar-refractivity contribution in [3.8, 4) is 5.75 Å². The second kappa shape index (κ2) is 8.57. The van der Waals surface area contributed by atoms with Gasteiger partial charge in [-0.1, -0.05) is 48.0 Å². The molecule has 28 heavy (non-hydrogen) atoms. The quantitative estimate of drug-likeness (QED) is 0.718. The SMILES string of the molecule is C/C=c1/nc(COc2cccc(C(=O)O)c2)n(Cc2ccc(C)cc2)/c1=C/C. The van der Waals surface area contributed by atoms with Crippen LogP contribution in [0.2, 0.25) is 0 Å². The first-order valence-electron chi connectivity index (χ1n) is 9.21. The highest BCUT2D eigenvalue weighted by molar-refractivity contribution is 5.87. The molecule has 0 unspecified atom stereocenters. The lowest BCUT2D eigenvalue weighted by molar-refractivity contribution is 0.0696. The molecule has 5 nitrogen and oxygen atoms in total. The molecule has 1 N–H and O–H groups in total. The summed E-state index contributed by atoms with van der Waals surface area (Å²) in [5.41, 5.74) is 2.61. The van der Waals surface area contributed by atoms with E-state index in [0.717, 1.165) is 16.5 Å². The van der Waals surface area contributed by atoms with Crippen LogP contribution in [0.25, 0.3) is 12.2 Å². The summed E-state index contributed by atoms with van der Waals surface area (Å²) in [5, 5.41) is 11.1. The van der Waals surface area contributed by atoms with Crippen LogP contribution in [0.1, 0.15) is 41.2 Å². The lowest BCUT2D eigenvalue weighted by Gasteiger charge is -2.11. The van der Waals surface area contributed by atoms with Crippen molar-refractivity contribution in [1.82, 2.24) is 9.55 Å². The molecule has 1 aromatic heterocycles. The van der Waals surface area contributed by atoms with Gasteiger partial charge in [-0.15, -0.1) is 0 Å². The van der Waals surface area contributed by atoms with E-state index >= 15 is 0 Å². The molecule has 0 atom stereocenters. The van der Waals surface area contributed by atoms with Crippen LogP contribution in [-0.4, -0.2) is 20.6 Å². The lowest BCUT2D eigenvalue weighted by atomic mass is 10.1. The van der Waals surface area contributed by atoms with E-state index in [9.17, 15) is 4.79 Å². The molecule has 0 aliphatic heterocycles. The van der Waals surface area contributed by atoms with E-state index in [1.807, 2.05) is 26.0 Å². The standard InChI is InChI=1S/C23H24N2O3/c1-4-20-21(5-2)25(14-17-11-9-16(3)10-12-17)22(24-20)15-28-19-8-6-7-18(13-19)23(26)27/h4-13H,14-15H2,1-3H3,(H,26,27)/b20-4+,21-5+. The van der Waals surface area contributed by atoms with Crippen molar-refractivity contribution >= 4 is 18.1 Å². The van der Waals surface area contributed by atoms with Crippen LogP contribution in [0.4, 0.5) is 0 Å². The Morgan fingerprint density at radius 1 is 1.14 bits per heavy atom. The van der Waals surface area contributed by atoms with Crippen molar-refractivity contribution < 1.29 is 14.6 Å². The minimum absolute atomic E-state index is 0.200. The fourth-order valence-corrected chi connectivity index (χ4v) is 3.08. The summed E-state index contributed by atoms with van der Waals surface area (Å²) in [5.74, 6) is 0.327. The third-order valence-corrected chi connectivity index (χ3v) is 4.57. The minimum Gasteiger partial charge on any atom is -0.486 e. The predicted molar refractivity (Wildman–Crippen MR) is 110 cm³/mol. The van der Waals surface area contributed by atoms with Gasteiger partial charge in [0.2, 0.25) is 0 Å². The number of ether oxygens (including phenoxy) is 1. The molecular formula is C23H24N2O3. The Kier molecular flexibility index (Phi) is 5.94. The zero-order valence-corrected chi connectivity index (χ0v) is 16.3. The molecule has 0 spiro atoms. The summed E-state index contributed by atoms with van der Waals surface area (Å²) in [6.07, 6.45) is 4.03. The molecule has 0 radical (unpaired) electrons. The van der Waals surface area contributed by atoms with Crippen molar-refractivity contribution in [3.05, 3.63) is 81.7 Å². The number of hydrogen-bond acceptors (Lipinski definition) is 3. The van der Waals surface area contributed by atoms with Crippen molar-refractivity contribution in [3.63, 3.8) is 0 Å². The normalized spacial score (nSPS) is 12.4. The number of hydrogen-bond donors (Lipinski definition) is 1. The van der Waals surface area contributed by atoms with Crippen LogP contribution >= 0.6 is 0 Å². The summed E-state index contributed by atoms with van der Waals surface area (Å²) >= 11 is 0. The molecule has 0 saturated heterocycles. The molecule has 0 bridgehead atoms. The number of carbonyl (C=O) groups is 1. The number of imidazole rings is 1. The first-order valence-corrected chi connectivity index (χ1v) is 9.21. The number of aromatic carboxylic acids is 1. The monoisotopic (exact) mass is 376 g/mol. The minimum atomic E-state index is -0.975. The van der Waals surface area contributed by atoms with Gasteiger partial charge in [-0.2, -0.15) is 0 Å². The van der Waals surface area contributed by atoms with Gasteiger partial charge in [-0.25, -0.2) is 9.78 Å². The van der Waals surface area contributed by atoms with Crippen molar-refractivity contribution in [2.75, 3.05) is 0 Å². The summed E-state index contributed by atoms with van der Waals surface area (Å²) in [4.78, 5) is 15.9. The van der Waals surface area contributed by atoms with Crippen LogP contribution in [0, 0.1) is 6.92 Å². The molecule has 2 aromatic carbocycles. The highest BCUT2D eigenvalue weighted by atomic mass is 16.5. The number of carboxylic acids is 1. The van der Waals surface area contributed by atoms with Gasteiger partial charge in [0.25, 0.3) is 0 Å². The molecule has 0 fully saturated rings. The van der Waals surface area contributed by atoms with E-state index in [1.54, 1.807) is 18.2 Å². The molecule has 0 aliphatic carbocycles. The Hall–Kier alpha value is -3.34. The topological polar surface area (TPSA) is 64.3 Å². The van der Waals surface area contributed by atoms with Gasteiger partial charge >= 0.3 is 5.97 Å². The Morgan fingerprint density at radius 2 is 1.89 bits per heavy atom. The fraction of sp³-hybridized carbons (Fsp3) is 0.217. The number of aromatic nitrogens is 2. The van der Waals surface area contributed by atoms with Crippen molar-refractivity contribution in [2.45, 2.75) is 33.9 Å². The van der Waals surface area contributed by atoms with Crippen molar-refractivity contribution in [1.29, 1.82) is 0 Å². The van der Waals surface area contributed by atoms with Crippen LogP contribution in [0.5, 0.6) is 5.75 Å². The number of aryl methyl sites for hydroxylation is 1. The van der Waals surface area contributed by atoms with Gasteiger partial charge < -0.3 is 14.4 Å². The maximum absolute atomic E-state index is 11.2. The van der Waals surface area contributed by atoms with E-state index in [-0.39, 0.29) is 12.2 Å². The molecule has 1 heterocycles. The van der Waals surface area contributed by atoms with Gasteiger partial charge in [0, 0.05) is 6.54 Å². The van der Waals surface area contributed by atoms with E-state index in [2.05, 4.69) is 35.8 Å². The largest absolute Gasteiger partial charge is 0.486 e. The van der Waals surface area contributed by atoms with Gasteiger partial charge in [-0.3, -0.25) is 0 Å².